The van der Waals surface area contributed by atoms with Crippen LogP contribution in [-0.2, 0) is 14.8 Å². The van der Waals surface area contributed by atoms with E-state index in [0.29, 0.717) is 37.5 Å². The maximum atomic E-state index is 13.4. The van der Waals surface area contributed by atoms with E-state index in [0.717, 1.165) is 48.3 Å². The molecule has 1 aromatic rings. The van der Waals surface area contributed by atoms with Gasteiger partial charge in [-0.05, 0) is 68.9 Å². The Hall–Kier alpha value is -1.44. The van der Waals surface area contributed by atoms with Gasteiger partial charge < -0.3 is 4.90 Å². The molecule has 2 heterocycles. The lowest BCUT2D eigenvalue weighted by Gasteiger charge is -2.35. The number of sulfonamides is 1. The van der Waals surface area contributed by atoms with Crippen LogP contribution < -0.4 is 0 Å². The Labute approximate surface area is 169 Å². The predicted octanol–water partition coefficient (Wildman–Crippen LogP) is 2.16. The normalized spacial score (nSPS) is 19.6. The summed E-state index contributed by atoms with van der Waals surface area (Å²) in [4.78, 5) is 16.4. The highest BCUT2D eigenvalue weighted by atomic mass is 32.2. The molecule has 7 heteroatoms. The molecule has 3 rings (SSSR count). The Morgan fingerprint density at radius 2 is 1.29 bits per heavy atom. The number of likely N-dealkylation sites (tertiary alicyclic amines) is 1. The summed E-state index contributed by atoms with van der Waals surface area (Å²) in [7, 11) is -3.51. The molecule has 156 valence electrons. The van der Waals surface area contributed by atoms with Gasteiger partial charge >= 0.3 is 0 Å². The third-order valence-electron chi connectivity index (χ3n) is 6.72. The molecule has 6 nitrogen and oxygen atoms in total. The van der Waals surface area contributed by atoms with Crippen molar-refractivity contribution in [2.45, 2.75) is 52.4 Å². The Kier molecular flexibility index (Phi) is 6.17. The van der Waals surface area contributed by atoms with Crippen LogP contribution in [0.2, 0.25) is 0 Å². The van der Waals surface area contributed by atoms with Crippen LogP contribution in [0.5, 0.6) is 0 Å². The van der Waals surface area contributed by atoms with Gasteiger partial charge in [0.2, 0.25) is 15.9 Å². The SMILES string of the molecule is Cc1c(C)c(C)c(S(=O)(=O)N2CCN(CCN3CCCC3=O)CC2)c(C)c1C. The molecule has 0 saturated carbocycles. The van der Waals surface area contributed by atoms with Crippen molar-refractivity contribution in [1.82, 2.24) is 14.1 Å². The predicted molar refractivity (Wildman–Crippen MR) is 111 cm³/mol. The van der Waals surface area contributed by atoms with Crippen molar-refractivity contribution in [1.29, 1.82) is 0 Å². The van der Waals surface area contributed by atoms with Gasteiger partial charge in [0.15, 0.2) is 0 Å². The van der Waals surface area contributed by atoms with Crippen molar-refractivity contribution in [2.75, 3.05) is 45.8 Å². The second-order valence-corrected chi connectivity index (χ2v) is 10.1. The number of carbonyl (C=O) groups excluding carboxylic acids is 1. The second-order valence-electron chi connectivity index (χ2n) is 8.18. The van der Waals surface area contributed by atoms with Gasteiger partial charge in [-0.25, -0.2) is 8.42 Å². The van der Waals surface area contributed by atoms with E-state index in [1.165, 1.54) is 5.56 Å². The Bertz CT molecular complexity index is 842. The molecule has 0 spiro atoms. The van der Waals surface area contributed by atoms with E-state index in [1.54, 1.807) is 4.31 Å². The van der Waals surface area contributed by atoms with Gasteiger partial charge in [-0.1, -0.05) is 0 Å². The number of hydrogen-bond acceptors (Lipinski definition) is 4. The summed E-state index contributed by atoms with van der Waals surface area (Å²) in [5, 5.41) is 0. The maximum Gasteiger partial charge on any atom is 0.243 e. The lowest BCUT2D eigenvalue weighted by atomic mass is 9.95. The smallest absolute Gasteiger partial charge is 0.243 e. The van der Waals surface area contributed by atoms with Crippen LogP contribution in [-0.4, -0.2) is 74.2 Å². The number of hydrogen-bond donors (Lipinski definition) is 0. The molecule has 0 radical (unpaired) electrons. The number of benzene rings is 1. The Morgan fingerprint density at radius 1 is 0.750 bits per heavy atom. The quantitative estimate of drug-likeness (QED) is 0.750. The third kappa shape index (κ3) is 3.84. The van der Waals surface area contributed by atoms with Crippen LogP contribution >= 0.6 is 0 Å². The lowest BCUT2D eigenvalue weighted by Crippen LogP contribution is -2.50. The average molecular weight is 408 g/mol. The summed E-state index contributed by atoms with van der Waals surface area (Å²) in [5.74, 6) is 0.247. The van der Waals surface area contributed by atoms with E-state index in [1.807, 2.05) is 32.6 Å². The molecule has 0 aliphatic carbocycles. The first-order chi connectivity index (χ1) is 13.1. The number of carbonyl (C=O) groups is 1. The number of piperazine rings is 1. The minimum atomic E-state index is -3.51. The summed E-state index contributed by atoms with van der Waals surface area (Å²) in [6.45, 7) is 14.8. The molecule has 1 amide bonds. The summed E-state index contributed by atoms with van der Waals surface area (Å²) < 4.78 is 28.5. The van der Waals surface area contributed by atoms with Gasteiger partial charge in [0, 0.05) is 52.2 Å². The van der Waals surface area contributed by atoms with E-state index in [-0.39, 0.29) is 5.91 Å². The van der Waals surface area contributed by atoms with Crippen LogP contribution in [0.3, 0.4) is 0 Å². The first-order valence-electron chi connectivity index (χ1n) is 10.2. The van der Waals surface area contributed by atoms with Gasteiger partial charge in [-0.15, -0.1) is 0 Å². The maximum absolute atomic E-state index is 13.4. The van der Waals surface area contributed by atoms with Crippen LogP contribution in [0.15, 0.2) is 4.90 Å². The Balaban J connectivity index is 1.69. The second kappa shape index (κ2) is 8.13. The van der Waals surface area contributed by atoms with Crippen LogP contribution in [0.4, 0.5) is 0 Å². The first-order valence-corrected chi connectivity index (χ1v) is 11.7. The average Bonchev–Trinajstić information content (AvgIpc) is 3.08. The largest absolute Gasteiger partial charge is 0.341 e. The number of rotatable bonds is 5. The van der Waals surface area contributed by atoms with E-state index in [2.05, 4.69) is 11.8 Å². The zero-order chi connectivity index (χ0) is 20.6. The van der Waals surface area contributed by atoms with Crippen molar-refractivity contribution in [3.63, 3.8) is 0 Å². The minimum absolute atomic E-state index is 0.247. The van der Waals surface area contributed by atoms with Crippen molar-refractivity contribution >= 4 is 15.9 Å². The number of nitrogens with zero attached hydrogens (tertiary/aromatic N) is 3. The van der Waals surface area contributed by atoms with Crippen molar-refractivity contribution in [2.24, 2.45) is 0 Å². The fraction of sp³-hybridized carbons (Fsp3) is 0.667. The highest BCUT2D eigenvalue weighted by Crippen LogP contribution is 2.31. The standard InChI is InChI=1S/C21H33N3O3S/c1-15-16(2)18(4)21(19(5)17(15)3)28(26,27)24-13-10-22(11-14-24)9-12-23-8-6-7-20(23)25/h6-14H2,1-5H3. The van der Waals surface area contributed by atoms with Crippen molar-refractivity contribution in [3.8, 4) is 0 Å². The zero-order valence-corrected chi connectivity index (χ0v) is 18.7. The van der Waals surface area contributed by atoms with Crippen molar-refractivity contribution in [3.05, 3.63) is 27.8 Å². The van der Waals surface area contributed by atoms with Gasteiger partial charge in [0.25, 0.3) is 0 Å². The first kappa shape index (κ1) is 21.3. The van der Waals surface area contributed by atoms with Gasteiger partial charge in [0.1, 0.15) is 0 Å². The molecule has 2 saturated heterocycles. The summed E-state index contributed by atoms with van der Waals surface area (Å²) >= 11 is 0. The highest BCUT2D eigenvalue weighted by molar-refractivity contribution is 7.89. The fourth-order valence-corrected chi connectivity index (χ4v) is 6.36. The molecule has 1 aromatic carbocycles. The summed E-state index contributed by atoms with van der Waals surface area (Å²) in [6, 6.07) is 0. The molecule has 0 bridgehead atoms. The molecule has 2 aliphatic rings. The zero-order valence-electron chi connectivity index (χ0n) is 17.8. The molecule has 2 aliphatic heterocycles. The third-order valence-corrected chi connectivity index (χ3v) is 8.89. The molecule has 0 N–H and O–H groups in total. The molecule has 0 aromatic heterocycles. The lowest BCUT2D eigenvalue weighted by molar-refractivity contribution is -0.127. The van der Waals surface area contributed by atoms with E-state index >= 15 is 0 Å². The van der Waals surface area contributed by atoms with Gasteiger partial charge in [-0.3, -0.25) is 9.69 Å². The fourth-order valence-electron chi connectivity index (χ4n) is 4.38. The molecular formula is C21H33N3O3S. The molecule has 28 heavy (non-hydrogen) atoms. The minimum Gasteiger partial charge on any atom is -0.341 e. The molecule has 2 fully saturated rings. The summed E-state index contributed by atoms with van der Waals surface area (Å²) in [5.41, 5.74) is 5.05. The van der Waals surface area contributed by atoms with Gasteiger partial charge in [-0.2, -0.15) is 4.31 Å². The van der Waals surface area contributed by atoms with E-state index in [9.17, 15) is 13.2 Å². The molecular weight excluding hydrogens is 374 g/mol. The molecule has 0 atom stereocenters. The highest BCUT2D eigenvalue weighted by Gasteiger charge is 2.32. The topological polar surface area (TPSA) is 60.9 Å². The number of amides is 1. The Morgan fingerprint density at radius 3 is 1.79 bits per heavy atom. The molecule has 0 unspecified atom stereocenters. The summed E-state index contributed by atoms with van der Waals surface area (Å²) in [6.07, 6.45) is 1.62. The monoisotopic (exact) mass is 407 g/mol. The van der Waals surface area contributed by atoms with E-state index in [4.69, 9.17) is 0 Å². The van der Waals surface area contributed by atoms with Gasteiger partial charge in [0.05, 0.1) is 4.90 Å². The van der Waals surface area contributed by atoms with Crippen LogP contribution in [0.1, 0.15) is 40.7 Å². The van der Waals surface area contributed by atoms with Crippen molar-refractivity contribution < 1.29 is 13.2 Å². The van der Waals surface area contributed by atoms with Crippen LogP contribution in [0, 0.1) is 34.6 Å². The van der Waals surface area contributed by atoms with Crippen LogP contribution in [0.25, 0.3) is 0 Å². The van der Waals surface area contributed by atoms with E-state index < -0.39 is 10.0 Å².